The number of phenols is 1. The molecule has 12 nitrogen and oxygen atoms in total. The molecule has 1 aromatic carbocycles. The number of aromatic hydroxyl groups is 1. The van der Waals surface area contributed by atoms with Crippen LogP contribution in [0.3, 0.4) is 0 Å². The molecule has 9 unspecified atom stereocenters. The monoisotopic (exact) mass is 536 g/mol. The van der Waals surface area contributed by atoms with E-state index in [1.165, 1.54) is 31.6 Å². The van der Waals surface area contributed by atoms with Gasteiger partial charge in [-0.1, -0.05) is 12.1 Å². The van der Waals surface area contributed by atoms with E-state index < -0.39 is 61.5 Å². The average molecular weight is 537 g/mol. The molecule has 3 aliphatic rings. The van der Waals surface area contributed by atoms with E-state index in [4.69, 9.17) is 23.7 Å². The van der Waals surface area contributed by atoms with Crippen LogP contribution in [0.5, 0.6) is 5.75 Å². The Morgan fingerprint density at radius 3 is 2.47 bits per heavy atom. The van der Waals surface area contributed by atoms with Gasteiger partial charge in [0, 0.05) is 17.9 Å². The Balaban J connectivity index is 1.40. The third-order valence-corrected chi connectivity index (χ3v) is 7.09. The van der Waals surface area contributed by atoms with Crippen LogP contribution >= 0.6 is 0 Å². The van der Waals surface area contributed by atoms with Crippen LogP contribution in [0.15, 0.2) is 42.2 Å². The third-order valence-electron chi connectivity index (χ3n) is 7.09. The number of fused-ring (bicyclic) bond motifs is 1. The van der Waals surface area contributed by atoms with E-state index in [0.717, 1.165) is 0 Å². The lowest BCUT2D eigenvalue weighted by Gasteiger charge is -2.42. The number of aliphatic hydroxyl groups is 4. The average Bonchev–Trinajstić information content (AvgIpc) is 3.36. The van der Waals surface area contributed by atoms with Crippen LogP contribution in [0.25, 0.3) is 6.08 Å². The largest absolute Gasteiger partial charge is 0.508 e. The van der Waals surface area contributed by atoms with Crippen LogP contribution in [0, 0.1) is 17.8 Å². The molecule has 1 aromatic rings. The molecule has 1 saturated heterocycles. The summed E-state index contributed by atoms with van der Waals surface area (Å²) in [6, 6.07) is 6.30. The molecule has 12 heteroatoms. The second kappa shape index (κ2) is 12.2. The van der Waals surface area contributed by atoms with Crippen LogP contribution in [-0.2, 0) is 33.3 Å². The van der Waals surface area contributed by atoms with Gasteiger partial charge in [0.2, 0.25) is 6.29 Å². The maximum Gasteiger partial charge on any atom is 0.337 e. The molecule has 0 spiro atoms. The molecule has 208 valence electrons. The number of rotatable bonds is 8. The highest BCUT2D eigenvalue weighted by Gasteiger charge is 2.50. The predicted octanol–water partition coefficient (Wildman–Crippen LogP) is -0.179. The van der Waals surface area contributed by atoms with E-state index in [0.29, 0.717) is 24.0 Å². The predicted molar refractivity (Wildman–Crippen MR) is 128 cm³/mol. The maximum atomic E-state index is 12.4. The van der Waals surface area contributed by atoms with Gasteiger partial charge in [0.15, 0.2) is 6.29 Å². The van der Waals surface area contributed by atoms with Crippen LogP contribution < -0.4 is 0 Å². The number of hydrogen-bond acceptors (Lipinski definition) is 12. The molecule has 2 heterocycles. The number of hydrogen-bond donors (Lipinski definition) is 5. The van der Waals surface area contributed by atoms with Gasteiger partial charge in [0.1, 0.15) is 30.2 Å². The molecular formula is C26H32O12. The summed E-state index contributed by atoms with van der Waals surface area (Å²) in [5.41, 5.74) is 1.01. The Bertz CT molecular complexity index is 1040. The van der Waals surface area contributed by atoms with Gasteiger partial charge in [-0.05, 0) is 42.5 Å². The van der Waals surface area contributed by atoms with Crippen LogP contribution in [0.2, 0.25) is 0 Å². The highest BCUT2D eigenvalue weighted by molar-refractivity contribution is 5.89. The highest BCUT2D eigenvalue weighted by atomic mass is 16.8. The molecule has 38 heavy (non-hydrogen) atoms. The van der Waals surface area contributed by atoms with Crippen molar-refractivity contribution in [1.29, 1.82) is 0 Å². The standard InChI is InChI=1S/C26H32O12/c1-34-24(33)18-12-36-25(38-26-23(32)22(31)21(30)19(10-27)37-26)17-9-14(8-16(17)18)11-35-20(29)7-4-13-2-5-15(28)6-3-13/h2-7,12,14,16-17,19,21-23,25-28,30-32H,8-11H2,1H3. The van der Waals surface area contributed by atoms with E-state index >= 15 is 0 Å². The van der Waals surface area contributed by atoms with Crippen LogP contribution in [0.1, 0.15) is 18.4 Å². The Labute approximate surface area is 218 Å². The first-order valence-corrected chi connectivity index (χ1v) is 12.3. The lowest BCUT2D eigenvalue weighted by atomic mass is 9.87. The van der Waals surface area contributed by atoms with Crippen molar-refractivity contribution < 1.29 is 58.8 Å². The fourth-order valence-corrected chi connectivity index (χ4v) is 5.06. The van der Waals surface area contributed by atoms with Gasteiger partial charge in [-0.15, -0.1) is 0 Å². The lowest BCUT2D eigenvalue weighted by molar-refractivity contribution is -0.341. The van der Waals surface area contributed by atoms with Gasteiger partial charge in [-0.25, -0.2) is 9.59 Å². The zero-order valence-electron chi connectivity index (χ0n) is 20.7. The van der Waals surface area contributed by atoms with Crippen molar-refractivity contribution in [2.45, 2.75) is 49.8 Å². The van der Waals surface area contributed by atoms with E-state index in [9.17, 15) is 35.1 Å². The molecule has 0 radical (unpaired) electrons. The molecule has 0 bridgehead atoms. The van der Waals surface area contributed by atoms with Crippen molar-refractivity contribution in [3.63, 3.8) is 0 Å². The van der Waals surface area contributed by atoms with E-state index in [2.05, 4.69) is 0 Å². The molecule has 0 aromatic heterocycles. The van der Waals surface area contributed by atoms with E-state index in [1.807, 2.05) is 0 Å². The van der Waals surface area contributed by atoms with Crippen molar-refractivity contribution in [2.24, 2.45) is 17.8 Å². The molecule has 0 amide bonds. The summed E-state index contributed by atoms with van der Waals surface area (Å²) >= 11 is 0. The normalized spacial score (nSPS) is 34.8. The van der Waals surface area contributed by atoms with E-state index in [1.54, 1.807) is 18.2 Å². The zero-order valence-corrected chi connectivity index (χ0v) is 20.7. The van der Waals surface area contributed by atoms with E-state index in [-0.39, 0.29) is 24.2 Å². The summed E-state index contributed by atoms with van der Waals surface area (Å²) in [7, 11) is 1.25. The minimum absolute atomic E-state index is 0.0764. The van der Waals surface area contributed by atoms with Gasteiger partial charge >= 0.3 is 11.9 Å². The number of methoxy groups -OCH3 is 1. The summed E-state index contributed by atoms with van der Waals surface area (Å²) in [6.45, 7) is -0.531. The number of carbonyl (C=O) groups is 2. The molecule has 9 atom stereocenters. The first-order valence-electron chi connectivity index (χ1n) is 12.3. The molecule has 1 aliphatic carbocycles. The Kier molecular flexibility index (Phi) is 9.03. The minimum Gasteiger partial charge on any atom is -0.508 e. The smallest absolute Gasteiger partial charge is 0.337 e. The molecule has 5 N–H and O–H groups in total. The zero-order chi connectivity index (χ0) is 27.4. The van der Waals surface area contributed by atoms with Crippen molar-refractivity contribution >= 4 is 18.0 Å². The molecular weight excluding hydrogens is 504 g/mol. The second-order valence-electron chi connectivity index (χ2n) is 9.57. The Morgan fingerprint density at radius 2 is 1.79 bits per heavy atom. The Hall–Kier alpha value is -3.00. The molecule has 1 saturated carbocycles. The number of benzene rings is 1. The highest BCUT2D eigenvalue weighted by Crippen LogP contribution is 2.47. The Morgan fingerprint density at radius 1 is 1.05 bits per heavy atom. The van der Waals surface area contributed by atoms with Gasteiger partial charge in [-0.2, -0.15) is 0 Å². The fraction of sp³-hybridized carbons (Fsp3) is 0.538. The van der Waals surface area contributed by atoms with Crippen molar-refractivity contribution in [2.75, 3.05) is 20.3 Å². The summed E-state index contributed by atoms with van der Waals surface area (Å²) in [5, 5.41) is 49.2. The SMILES string of the molecule is COC(=O)C1=COC(OC2OC(CO)C(O)C(O)C2O)C2CC(COC(=O)C=Cc3ccc(O)cc3)CC12. The summed E-state index contributed by atoms with van der Waals surface area (Å²) in [6.07, 6.45) is -3.33. The van der Waals surface area contributed by atoms with Crippen LogP contribution in [0.4, 0.5) is 0 Å². The van der Waals surface area contributed by atoms with Crippen LogP contribution in [-0.4, -0.2) is 94.8 Å². The number of phenolic OH excluding ortho intramolecular Hbond substituents is 1. The third kappa shape index (κ3) is 6.17. The topological polar surface area (TPSA) is 181 Å². The number of carbonyl (C=O) groups excluding carboxylic acids is 2. The molecule has 2 fully saturated rings. The molecule has 4 rings (SSSR count). The second-order valence-corrected chi connectivity index (χ2v) is 9.57. The number of ether oxygens (including phenoxy) is 5. The van der Waals surface area contributed by atoms with Gasteiger partial charge in [0.25, 0.3) is 0 Å². The summed E-state index contributed by atoms with van der Waals surface area (Å²) < 4.78 is 27.2. The van der Waals surface area contributed by atoms with Crippen molar-refractivity contribution in [3.8, 4) is 5.75 Å². The van der Waals surface area contributed by atoms with Crippen molar-refractivity contribution in [3.05, 3.63) is 47.7 Å². The minimum atomic E-state index is -1.61. The number of aliphatic hydroxyl groups excluding tert-OH is 4. The fourth-order valence-electron chi connectivity index (χ4n) is 5.06. The first-order chi connectivity index (χ1) is 18.2. The van der Waals surface area contributed by atoms with Gasteiger partial charge in [-0.3, -0.25) is 0 Å². The number of esters is 2. The van der Waals surface area contributed by atoms with Gasteiger partial charge < -0.3 is 49.2 Å². The van der Waals surface area contributed by atoms with Crippen molar-refractivity contribution in [1.82, 2.24) is 0 Å². The quantitative estimate of drug-likeness (QED) is 0.219. The molecule has 2 aliphatic heterocycles. The summed E-state index contributed by atoms with van der Waals surface area (Å²) in [5.74, 6) is -1.92. The van der Waals surface area contributed by atoms with Gasteiger partial charge in [0.05, 0.1) is 32.2 Å². The lowest BCUT2D eigenvalue weighted by Crippen LogP contribution is -2.60. The first kappa shape index (κ1) is 28.0. The summed E-state index contributed by atoms with van der Waals surface area (Å²) in [4.78, 5) is 24.6. The maximum absolute atomic E-state index is 12.4.